The Hall–Kier alpha value is -0.980. The van der Waals surface area contributed by atoms with Crippen molar-refractivity contribution in [2.75, 3.05) is 11.4 Å². The van der Waals surface area contributed by atoms with Crippen molar-refractivity contribution in [2.24, 2.45) is 0 Å². The molecular formula is C12H16N. The normalized spacial score (nSPS) is 23.2. The summed E-state index contributed by atoms with van der Waals surface area (Å²) in [5.74, 6) is 0. The Morgan fingerprint density at radius 2 is 2.08 bits per heavy atom. The van der Waals surface area contributed by atoms with Crippen LogP contribution >= 0.6 is 0 Å². The highest BCUT2D eigenvalue weighted by Crippen LogP contribution is 2.23. The molecule has 0 spiro atoms. The zero-order valence-electron chi connectivity index (χ0n) is 8.16. The lowest BCUT2D eigenvalue weighted by molar-refractivity contribution is 0.485. The minimum absolute atomic E-state index is 0.705. The van der Waals surface area contributed by atoms with Crippen molar-refractivity contribution in [1.82, 2.24) is 0 Å². The van der Waals surface area contributed by atoms with Crippen LogP contribution in [-0.4, -0.2) is 12.6 Å². The summed E-state index contributed by atoms with van der Waals surface area (Å²) < 4.78 is 0. The molecule has 0 N–H and O–H groups in total. The Bertz CT molecular complexity index is 255. The predicted octanol–water partition coefficient (Wildman–Crippen LogP) is 2.87. The predicted molar refractivity (Wildman–Crippen MR) is 55.9 cm³/mol. The number of benzene rings is 1. The van der Waals surface area contributed by atoms with E-state index in [0.717, 1.165) is 0 Å². The van der Waals surface area contributed by atoms with E-state index in [9.17, 15) is 0 Å². The molecule has 1 aromatic carbocycles. The first kappa shape index (κ1) is 8.61. The maximum atomic E-state index is 3.06. The Morgan fingerprint density at radius 3 is 2.77 bits per heavy atom. The van der Waals surface area contributed by atoms with Gasteiger partial charge in [-0.2, -0.15) is 0 Å². The van der Waals surface area contributed by atoms with Crippen LogP contribution in [0.5, 0.6) is 0 Å². The van der Waals surface area contributed by atoms with Gasteiger partial charge in [0.2, 0.25) is 0 Å². The Labute approximate surface area is 80.4 Å². The van der Waals surface area contributed by atoms with Crippen molar-refractivity contribution in [2.45, 2.75) is 32.2 Å². The molecule has 13 heavy (non-hydrogen) atoms. The van der Waals surface area contributed by atoms with E-state index in [1.807, 2.05) is 12.1 Å². The third kappa shape index (κ3) is 1.85. The van der Waals surface area contributed by atoms with Crippen molar-refractivity contribution in [3.63, 3.8) is 0 Å². The molecule has 1 fully saturated rings. The molecular weight excluding hydrogens is 158 g/mol. The average molecular weight is 174 g/mol. The van der Waals surface area contributed by atoms with Crippen molar-refractivity contribution < 1.29 is 0 Å². The van der Waals surface area contributed by atoms with Gasteiger partial charge in [0.15, 0.2) is 0 Å². The summed E-state index contributed by atoms with van der Waals surface area (Å²) in [4.78, 5) is 2.50. The average Bonchev–Trinajstić information content (AvgIpc) is 2.20. The number of nitrogens with zero attached hydrogens (tertiary/aromatic N) is 1. The lowest BCUT2D eigenvalue weighted by Gasteiger charge is -2.35. The standard InChI is InChI=1S/C12H16N/c1-11-7-5-6-10-13(11)12-8-3-2-4-9-12/h3-4,8-9,11H,5-7,10H2,1H3. The van der Waals surface area contributed by atoms with Gasteiger partial charge in [0.05, 0.1) is 0 Å². The van der Waals surface area contributed by atoms with Gasteiger partial charge >= 0.3 is 0 Å². The molecule has 1 aromatic rings. The summed E-state index contributed by atoms with van der Waals surface area (Å²) in [7, 11) is 0. The number of rotatable bonds is 1. The molecule has 1 atom stereocenters. The van der Waals surface area contributed by atoms with Gasteiger partial charge in [0, 0.05) is 18.3 Å². The van der Waals surface area contributed by atoms with Crippen LogP contribution in [0.3, 0.4) is 0 Å². The highest BCUT2D eigenvalue weighted by molar-refractivity contribution is 5.46. The van der Waals surface area contributed by atoms with Crippen LogP contribution in [0.4, 0.5) is 5.69 Å². The minimum Gasteiger partial charge on any atom is -0.369 e. The molecule has 0 amide bonds. The quantitative estimate of drug-likeness (QED) is 0.632. The molecule has 1 aliphatic rings. The molecule has 0 aliphatic carbocycles. The Kier molecular flexibility index (Phi) is 2.53. The van der Waals surface area contributed by atoms with Gasteiger partial charge in [-0.05, 0) is 44.4 Å². The van der Waals surface area contributed by atoms with Crippen molar-refractivity contribution in [1.29, 1.82) is 0 Å². The van der Waals surface area contributed by atoms with Gasteiger partial charge in [-0.25, -0.2) is 0 Å². The van der Waals surface area contributed by atoms with Gasteiger partial charge in [-0.15, -0.1) is 0 Å². The Morgan fingerprint density at radius 1 is 1.31 bits per heavy atom. The van der Waals surface area contributed by atoms with E-state index in [0.29, 0.717) is 6.04 Å². The van der Waals surface area contributed by atoms with Gasteiger partial charge in [0.1, 0.15) is 0 Å². The van der Waals surface area contributed by atoms with Gasteiger partial charge in [-0.3, -0.25) is 0 Å². The van der Waals surface area contributed by atoms with Gasteiger partial charge < -0.3 is 4.90 Å². The van der Waals surface area contributed by atoms with Crippen LogP contribution in [0.1, 0.15) is 26.2 Å². The molecule has 1 nitrogen and oxygen atoms in total. The molecule has 2 rings (SSSR count). The lowest BCUT2D eigenvalue weighted by Crippen LogP contribution is -2.37. The fourth-order valence-electron chi connectivity index (χ4n) is 2.05. The molecule has 1 unspecified atom stereocenters. The summed E-state index contributed by atoms with van der Waals surface area (Å²) in [5, 5.41) is 0. The van der Waals surface area contributed by atoms with Crippen molar-refractivity contribution in [3.05, 3.63) is 30.3 Å². The summed E-state index contributed by atoms with van der Waals surface area (Å²) in [6.07, 6.45) is 4.05. The van der Waals surface area contributed by atoms with Crippen LogP contribution in [0.15, 0.2) is 24.3 Å². The topological polar surface area (TPSA) is 3.24 Å². The molecule has 1 saturated heterocycles. The number of anilines is 1. The van der Waals surface area contributed by atoms with E-state index >= 15 is 0 Å². The molecule has 69 valence electrons. The van der Waals surface area contributed by atoms with E-state index in [1.165, 1.54) is 31.5 Å². The van der Waals surface area contributed by atoms with E-state index in [4.69, 9.17) is 0 Å². The second kappa shape index (κ2) is 3.82. The Balaban J connectivity index is 2.15. The van der Waals surface area contributed by atoms with Gasteiger partial charge in [-0.1, -0.05) is 12.1 Å². The fraction of sp³-hybridized carbons (Fsp3) is 0.500. The van der Waals surface area contributed by atoms with E-state index < -0.39 is 0 Å². The lowest BCUT2D eigenvalue weighted by atomic mass is 10.0. The van der Waals surface area contributed by atoms with E-state index in [-0.39, 0.29) is 0 Å². The smallest absolute Gasteiger partial charge is 0.0369 e. The highest BCUT2D eigenvalue weighted by Gasteiger charge is 2.17. The fourth-order valence-corrected chi connectivity index (χ4v) is 2.05. The third-order valence-corrected chi connectivity index (χ3v) is 2.84. The first-order valence-corrected chi connectivity index (χ1v) is 5.10. The largest absolute Gasteiger partial charge is 0.369 e. The van der Waals surface area contributed by atoms with Crippen LogP contribution in [0, 0.1) is 6.07 Å². The molecule has 1 heteroatoms. The van der Waals surface area contributed by atoms with Crippen LogP contribution in [0.2, 0.25) is 0 Å². The first-order chi connectivity index (χ1) is 6.38. The SMILES string of the molecule is CC1CCCCN1c1cc[c]cc1. The maximum Gasteiger partial charge on any atom is 0.0369 e. The highest BCUT2D eigenvalue weighted by atomic mass is 15.2. The number of hydrogen-bond acceptors (Lipinski definition) is 1. The second-order valence-electron chi connectivity index (χ2n) is 3.80. The van der Waals surface area contributed by atoms with E-state index in [2.05, 4.69) is 30.0 Å². The molecule has 0 saturated carbocycles. The summed E-state index contributed by atoms with van der Waals surface area (Å²) in [6, 6.07) is 12.1. The third-order valence-electron chi connectivity index (χ3n) is 2.84. The zero-order valence-corrected chi connectivity index (χ0v) is 8.16. The summed E-state index contributed by atoms with van der Waals surface area (Å²) in [6.45, 7) is 3.53. The molecule has 1 aliphatic heterocycles. The first-order valence-electron chi connectivity index (χ1n) is 5.10. The summed E-state index contributed by atoms with van der Waals surface area (Å²) >= 11 is 0. The van der Waals surface area contributed by atoms with Crippen molar-refractivity contribution in [3.8, 4) is 0 Å². The summed E-state index contributed by atoms with van der Waals surface area (Å²) in [5.41, 5.74) is 1.35. The van der Waals surface area contributed by atoms with Crippen LogP contribution < -0.4 is 4.90 Å². The number of piperidine rings is 1. The zero-order chi connectivity index (χ0) is 9.10. The molecule has 0 bridgehead atoms. The van der Waals surface area contributed by atoms with Crippen LogP contribution in [-0.2, 0) is 0 Å². The van der Waals surface area contributed by atoms with Crippen LogP contribution in [0.25, 0.3) is 0 Å². The number of hydrogen-bond donors (Lipinski definition) is 0. The minimum atomic E-state index is 0.705. The van der Waals surface area contributed by atoms with E-state index in [1.54, 1.807) is 0 Å². The van der Waals surface area contributed by atoms with Gasteiger partial charge in [0.25, 0.3) is 0 Å². The maximum absolute atomic E-state index is 3.06. The molecule has 1 heterocycles. The monoisotopic (exact) mass is 174 g/mol. The molecule has 1 radical (unpaired) electrons. The second-order valence-corrected chi connectivity index (χ2v) is 3.80. The van der Waals surface area contributed by atoms with Crippen molar-refractivity contribution >= 4 is 5.69 Å². The molecule has 0 aromatic heterocycles.